The van der Waals surface area contributed by atoms with E-state index in [0.29, 0.717) is 23.7 Å². The first-order valence-corrected chi connectivity index (χ1v) is 7.66. The fourth-order valence-corrected chi connectivity index (χ4v) is 2.94. The average molecular weight is 394 g/mol. The molecule has 0 aliphatic carbocycles. The van der Waals surface area contributed by atoms with E-state index in [1.54, 1.807) is 6.07 Å². The van der Waals surface area contributed by atoms with Crippen molar-refractivity contribution in [2.45, 2.75) is 32.5 Å². The Labute approximate surface area is 132 Å². The van der Waals surface area contributed by atoms with E-state index >= 15 is 0 Å². The lowest BCUT2D eigenvalue weighted by atomic mass is 10.0. The van der Waals surface area contributed by atoms with Crippen LogP contribution in [0.25, 0.3) is 0 Å². The van der Waals surface area contributed by atoms with Gasteiger partial charge in [-0.1, -0.05) is 11.6 Å². The molecule has 3 nitrogen and oxygen atoms in total. The first-order chi connectivity index (χ1) is 8.78. The standard InChI is InChI=1S/C14H17ClINO2/c1-9-7-17(8-14(2,3)19-9)13(18)10-4-5-12(16)11(15)6-10/h4-6,9H,7-8H2,1-3H3. The normalized spacial score (nSPS) is 22.4. The van der Waals surface area contributed by atoms with Crippen LogP contribution in [0.3, 0.4) is 0 Å². The fraction of sp³-hybridized carbons (Fsp3) is 0.500. The zero-order valence-electron chi connectivity index (χ0n) is 11.2. The monoisotopic (exact) mass is 393 g/mol. The van der Waals surface area contributed by atoms with E-state index in [0.717, 1.165) is 3.57 Å². The van der Waals surface area contributed by atoms with Crippen LogP contribution in [-0.2, 0) is 4.74 Å². The molecule has 0 spiro atoms. The second-order valence-electron chi connectivity index (χ2n) is 5.50. The van der Waals surface area contributed by atoms with Gasteiger partial charge in [-0.3, -0.25) is 4.79 Å². The molecular formula is C14H17ClINO2. The van der Waals surface area contributed by atoms with Crippen molar-refractivity contribution in [3.8, 4) is 0 Å². The highest BCUT2D eigenvalue weighted by molar-refractivity contribution is 14.1. The van der Waals surface area contributed by atoms with E-state index in [1.807, 2.05) is 37.8 Å². The maximum Gasteiger partial charge on any atom is 0.254 e. The van der Waals surface area contributed by atoms with Gasteiger partial charge < -0.3 is 9.64 Å². The molecule has 2 rings (SSSR count). The zero-order valence-corrected chi connectivity index (χ0v) is 14.2. The van der Waals surface area contributed by atoms with Crippen LogP contribution in [0, 0.1) is 3.57 Å². The summed E-state index contributed by atoms with van der Waals surface area (Å²) in [6.45, 7) is 7.21. The van der Waals surface area contributed by atoms with Crippen LogP contribution in [0.5, 0.6) is 0 Å². The molecule has 5 heteroatoms. The van der Waals surface area contributed by atoms with E-state index in [2.05, 4.69) is 22.6 Å². The number of morpholine rings is 1. The molecule has 1 unspecified atom stereocenters. The van der Waals surface area contributed by atoms with E-state index in [9.17, 15) is 4.79 Å². The Morgan fingerprint density at radius 2 is 2.21 bits per heavy atom. The summed E-state index contributed by atoms with van der Waals surface area (Å²) >= 11 is 8.23. The number of carbonyl (C=O) groups is 1. The first kappa shape index (κ1) is 15.1. The number of carbonyl (C=O) groups excluding carboxylic acids is 1. The van der Waals surface area contributed by atoms with E-state index in [-0.39, 0.29) is 17.6 Å². The number of halogens is 2. The van der Waals surface area contributed by atoms with Crippen LogP contribution in [0.4, 0.5) is 0 Å². The van der Waals surface area contributed by atoms with Crippen molar-refractivity contribution in [3.63, 3.8) is 0 Å². The molecule has 1 aromatic carbocycles. The van der Waals surface area contributed by atoms with Gasteiger partial charge in [0, 0.05) is 22.2 Å². The lowest BCUT2D eigenvalue weighted by Gasteiger charge is -2.41. The van der Waals surface area contributed by atoms with Crippen LogP contribution in [-0.4, -0.2) is 35.6 Å². The minimum atomic E-state index is -0.305. The minimum absolute atomic E-state index is 0.0153. The predicted octanol–water partition coefficient (Wildman–Crippen LogP) is 3.58. The van der Waals surface area contributed by atoms with Crippen molar-refractivity contribution in [1.29, 1.82) is 0 Å². The van der Waals surface area contributed by atoms with Gasteiger partial charge in [-0.25, -0.2) is 0 Å². The molecule has 1 fully saturated rings. The number of nitrogens with zero attached hydrogens (tertiary/aromatic N) is 1. The van der Waals surface area contributed by atoms with Crippen molar-refractivity contribution in [2.24, 2.45) is 0 Å². The highest BCUT2D eigenvalue weighted by Crippen LogP contribution is 2.24. The van der Waals surface area contributed by atoms with Gasteiger partial charge in [0.05, 0.1) is 16.7 Å². The maximum absolute atomic E-state index is 12.5. The molecule has 0 bridgehead atoms. The van der Waals surface area contributed by atoms with Crippen molar-refractivity contribution < 1.29 is 9.53 Å². The highest BCUT2D eigenvalue weighted by Gasteiger charge is 2.34. The zero-order chi connectivity index (χ0) is 14.2. The molecule has 1 aromatic rings. The molecule has 0 radical (unpaired) electrons. The topological polar surface area (TPSA) is 29.5 Å². The smallest absolute Gasteiger partial charge is 0.254 e. The van der Waals surface area contributed by atoms with Gasteiger partial charge in [-0.05, 0) is 61.6 Å². The lowest BCUT2D eigenvalue weighted by Crippen LogP contribution is -2.53. The SMILES string of the molecule is CC1CN(C(=O)c2ccc(I)c(Cl)c2)CC(C)(C)O1. The minimum Gasteiger partial charge on any atom is -0.369 e. The summed E-state index contributed by atoms with van der Waals surface area (Å²) in [7, 11) is 0. The van der Waals surface area contributed by atoms with Crippen molar-refractivity contribution in [1.82, 2.24) is 4.90 Å². The van der Waals surface area contributed by atoms with Gasteiger partial charge in [0.25, 0.3) is 5.91 Å². The third-order valence-electron chi connectivity index (χ3n) is 3.02. The van der Waals surface area contributed by atoms with E-state index in [4.69, 9.17) is 16.3 Å². The summed E-state index contributed by atoms with van der Waals surface area (Å²) in [5.74, 6) is 0.0153. The second-order valence-corrected chi connectivity index (χ2v) is 7.07. The quantitative estimate of drug-likeness (QED) is 0.683. The number of hydrogen-bond donors (Lipinski definition) is 0. The summed E-state index contributed by atoms with van der Waals surface area (Å²) < 4.78 is 6.76. The Hall–Kier alpha value is -0.330. The Kier molecular flexibility index (Phi) is 4.42. The van der Waals surface area contributed by atoms with Gasteiger partial charge in [-0.15, -0.1) is 0 Å². The molecule has 0 N–H and O–H groups in total. The summed E-state index contributed by atoms with van der Waals surface area (Å²) in [6.07, 6.45) is 0.0482. The van der Waals surface area contributed by atoms with Gasteiger partial charge >= 0.3 is 0 Å². The molecule has 1 atom stereocenters. The van der Waals surface area contributed by atoms with Crippen LogP contribution >= 0.6 is 34.2 Å². The second kappa shape index (κ2) is 5.58. The van der Waals surface area contributed by atoms with Crippen LogP contribution in [0.15, 0.2) is 18.2 Å². The molecule has 0 saturated carbocycles. The van der Waals surface area contributed by atoms with Gasteiger partial charge in [-0.2, -0.15) is 0 Å². The highest BCUT2D eigenvalue weighted by atomic mass is 127. The largest absolute Gasteiger partial charge is 0.369 e. The lowest BCUT2D eigenvalue weighted by molar-refractivity contribution is -0.118. The average Bonchev–Trinajstić information content (AvgIpc) is 2.29. The number of amides is 1. The molecule has 1 amide bonds. The Morgan fingerprint density at radius 1 is 1.53 bits per heavy atom. The van der Waals surface area contributed by atoms with Gasteiger partial charge in [0.1, 0.15) is 0 Å². The van der Waals surface area contributed by atoms with Crippen molar-refractivity contribution in [3.05, 3.63) is 32.4 Å². The van der Waals surface area contributed by atoms with Gasteiger partial charge in [0.15, 0.2) is 0 Å². The van der Waals surface area contributed by atoms with Crippen LogP contribution < -0.4 is 0 Å². The first-order valence-electron chi connectivity index (χ1n) is 6.21. The number of rotatable bonds is 1. The third kappa shape index (κ3) is 3.61. The molecule has 1 heterocycles. The Bertz CT molecular complexity index is 504. The number of ether oxygens (including phenoxy) is 1. The molecule has 1 aliphatic heterocycles. The maximum atomic E-state index is 12.5. The number of benzene rings is 1. The molecule has 19 heavy (non-hydrogen) atoms. The summed E-state index contributed by atoms with van der Waals surface area (Å²) in [6, 6.07) is 5.42. The Morgan fingerprint density at radius 3 is 2.79 bits per heavy atom. The summed E-state index contributed by atoms with van der Waals surface area (Å²) in [4.78, 5) is 14.3. The van der Waals surface area contributed by atoms with Crippen LogP contribution in [0.1, 0.15) is 31.1 Å². The summed E-state index contributed by atoms with van der Waals surface area (Å²) in [5.41, 5.74) is 0.329. The van der Waals surface area contributed by atoms with Crippen molar-refractivity contribution in [2.75, 3.05) is 13.1 Å². The Balaban J connectivity index is 2.21. The van der Waals surface area contributed by atoms with Gasteiger partial charge in [0.2, 0.25) is 0 Å². The predicted molar refractivity (Wildman–Crippen MR) is 84.7 cm³/mol. The van der Waals surface area contributed by atoms with Crippen molar-refractivity contribution >= 4 is 40.1 Å². The van der Waals surface area contributed by atoms with E-state index in [1.165, 1.54) is 0 Å². The molecule has 1 aliphatic rings. The molecule has 104 valence electrons. The third-order valence-corrected chi connectivity index (χ3v) is 4.60. The summed E-state index contributed by atoms with van der Waals surface area (Å²) in [5, 5.41) is 0.618. The molecule has 1 saturated heterocycles. The number of hydrogen-bond acceptors (Lipinski definition) is 2. The van der Waals surface area contributed by atoms with Crippen LogP contribution in [0.2, 0.25) is 5.02 Å². The molecular weight excluding hydrogens is 377 g/mol. The fourth-order valence-electron chi connectivity index (χ4n) is 2.42. The molecule has 0 aromatic heterocycles. The van der Waals surface area contributed by atoms with E-state index < -0.39 is 0 Å².